The highest BCUT2D eigenvalue weighted by Crippen LogP contribution is 2.33. The van der Waals surface area contributed by atoms with Crippen LogP contribution in [0.25, 0.3) is 11.0 Å². The summed E-state index contributed by atoms with van der Waals surface area (Å²) in [7, 11) is 0. The number of benzene rings is 1. The molecule has 0 saturated carbocycles. The molecule has 0 amide bonds. The van der Waals surface area contributed by atoms with Gasteiger partial charge in [-0.2, -0.15) is 0 Å². The van der Waals surface area contributed by atoms with Gasteiger partial charge in [-0.25, -0.2) is 4.68 Å². The Morgan fingerprint density at radius 2 is 2.00 bits per heavy atom. The lowest BCUT2D eigenvalue weighted by atomic mass is 10.3. The predicted octanol–water partition coefficient (Wildman–Crippen LogP) is 1.84. The van der Waals surface area contributed by atoms with Crippen LogP contribution in [-0.4, -0.2) is 31.4 Å². The van der Waals surface area contributed by atoms with Crippen molar-refractivity contribution in [3.63, 3.8) is 0 Å². The fraction of sp³-hybridized carbons (Fsp3) is 0.214. The quantitative estimate of drug-likeness (QED) is 0.666. The van der Waals surface area contributed by atoms with Gasteiger partial charge in [0.2, 0.25) is 0 Å². The lowest BCUT2D eigenvalue weighted by molar-refractivity contribution is 0.382. The molecule has 1 aromatic carbocycles. The second-order valence-corrected chi connectivity index (χ2v) is 4.76. The third-order valence-corrected chi connectivity index (χ3v) is 3.48. The van der Waals surface area contributed by atoms with E-state index in [1.54, 1.807) is 0 Å². The molecule has 0 N–H and O–H groups in total. The summed E-state index contributed by atoms with van der Waals surface area (Å²) in [4.78, 5) is 6.72. The first-order valence-electron chi connectivity index (χ1n) is 6.35. The summed E-state index contributed by atoms with van der Waals surface area (Å²) in [6, 6.07) is 14.5. The minimum absolute atomic E-state index is 0.421. The zero-order valence-corrected chi connectivity index (χ0v) is 10.3. The van der Waals surface area contributed by atoms with Crippen molar-refractivity contribution in [2.75, 3.05) is 6.54 Å². The van der Waals surface area contributed by atoms with Gasteiger partial charge in [-0.1, -0.05) is 23.4 Å². The van der Waals surface area contributed by atoms with Crippen LogP contribution in [0.3, 0.4) is 0 Å². The lowest BCUT2D eigenvalue weighted by Crippen LogP contribution is -2.09. The molecule has 3 aromatic rings. The van der Waals surface area contributed by atoms with E-state index in [4.69, 9.17) is 0 Å². The first kappa shape index (κ1) is 10.6. The SMILES string of the molecule is c1ccc(C2CN2Cn2nnc3ccccc32)nc1. The Labute approximate surface area is 110 Å². The zero-order chi connectivity index (χ0) is 12.7. The molecule has 0 bridgehead atoms. The van der Waals surface area contributed by atoms with Crippen molar-refractivity contribution in [1.82, 2.24) is 24.9 Å². The maximum absolute atomic E-state index is 4.40. The summed E-state index contributed by atoms with van der Waals surface area (Å²) in [6.45, 7) is 1.80. The minimum atomic E-state index is 0.421. The molecule has 0 aliphatic carbocycles. The molecular weight excluding hydrogens is 238 g/mol. The number of pyridine rings is 1. The molecule has 0 radical (unpaired) electrons. The number of fused-ring (bicyclic) bond motifs is 1. The van der Waals surface area contributed by atoms with Crippen molar-refractivity contribution in [3.8, 4) is 0 Å². The van der Waals surface area contributed by atoms with Crippen LogP contribution >= 0.6 is 0 Å². The van der Waals surface area contributed by atoms with Crippen molar-refractivity contribution in [2.24, 2.45) is 0 Å². The molecule has 2 atom stereocenters. The van der Waals surface area contributed by atoms with E-state index < -0.39 is 0 Å². The number of rotatable bonds is 3. The van der Waals surface area contributed by atoms with Gasteiger partial charge in [0.1, 0.15) is 5.52 Å². The van der Waals surface area contributed by atoms with Crippen LogP contribution in [0.15, 0.2) is 48.7 Å². The van der Waals surface area contributed by atoms with E-state index in [9.17, 15) is 0 Å². The Morgan fingerprint density at radius 3 is 2.89 bits per heavy atom. The van der Waals surface area contributed by atoms with Gasteiger partial charge < -0.3 is 0 Å². The van der Waals surface area contributed by atoms with Crippen molar-refractivity contribution in [2.45, 2.75) is 12.7 Å². The fourth-order valence-corrected chi connectivity index (χ4v) is 2.38. The molecule has 2 aromatic heterocycles. The molecule has 4 rings (SSSR count). The van der Waals surface area contributed by atoms with Gasteiger partial charge in [-0.3, -0.25) is 9.88 Å². The van der Waals surface area contributed by atoms with E-state index in [2.05, 4.69) is 32.3 Å². The third-order valence-electron chi connectivity index (χ3n) is 3.48. The lowest BCUT2D eigenvalue weighted by Gasteiger charge is -2.04. The molecular formula is C14H13N5. The first-order valence-corrected chi connectivity index (χ1v) is 6.35. The maximum atomic E-state index is 4.40. The summed E-state index contributed by atoms with van der Waals surface area (Å²) in [6.07, 6.45) is 1.84. The molecule has 0 spiro atoms. The van der Waals surface area contributed by atoms with Gasteiger partial charge in [-0.15, -0.1) is 5.10 Å². The molecule has 1 fully saturated rings. The molecule has 5 heteroatoms. The Kier molecular flexibility index (Phi) is 2.31. The Balaban J connectivity index is 1.55. The summed E-state index contributed by atoms with van der Waals surface area (Å²) < 4.78 is 1.94. The summed E-state index contributed by atoms with van der Waals surface area (Å²) in [5.41, 5.74) is 3.15. The number of aromatic nitrogens is 4. The van der Waals surface area contributed by atoms with Crippen LogP contribution < -0.4 is 0 Å². The van der Waals surface area contributed by atoms with Crippen LogP contribution in [-0.2, 0) is 6.67 Å². The van der Waals surface area contributed by atoms with Crippen LogP contribution in [0.2, 0.25) is 0 Å². The number of para-hydroxylation sites is 1. The maximum Gasteiger partial charge on any atom is 0.113 e. The van der Waals surface area contributed by atoms with Crippen molar-refractivity contribution >= 4 is 11.0 Å². The second-order valence-electron chi connectivity index (χ2n) is 4.76. The normalized spacial score (nSPS) is 21.7. The van der Waals surface area contributed by atoms with Gasteiger partial charge in [-0.05, 0) is 24.3 Å². The van der Waals surface area contributed by atoms with E-state index in [-0.39, 0.29) is 0 Å². The molecule has 1 aliphatic rings. The second kappa shape index (κ2) is 4.13. The molecule has 3 heterocycles. The number of hydrogen-bond donors (Lipinski definition) is 0. The van der Waals surface area contributed by atoms with Crippen LogP contribution in [0.5, 0.6) is 0 Å². The van der Waals surface area contributed by atoms with Gasteiger partial charge in [0.15, 0.2) is 0 Å². The molecule has 1 aliphatic heterocycles. The van der Waals surface area contributed by atoms with E-state index in [1.807, 2.05) is 41.2 Å². The molecule has 19 heavy (non-hydrogen) atoms. The molecule has 5 nitrogen and oxygen atoms in total. The molecule has 1 saturated heterocycles. The minimum Gasteiger partial charge on any atom is -0.272 e. The largest absolute Gasteiger partial charge is 0.272 e. The smallest absolute Gasteiger partial charge is 0.113 e. The summed E-state index contributed by atoms with van der Waals surface area (Å²) in [5, 5.41) is 8.38. The van der Waals surface area contributed by atoms with Crippen LogP contribution in [0.4, 0.5) is 0 Å². The van der Waals surface area contributed by atoms with Crippen LogP contribution in [0, 0.1) is 0 Å². The highest BCUT2D eigenvalue weighted by atomic mass is 15.5. The Morgan fingerprint density at radius 1 is 1.11 bits per heavy atom. The Hall–Kier alpha value is -2.27. The number of hydrogen-bond acceptors (Lipinski definition) is 4. The average molecular weight is 251 g/mol. The molecule has 94 valence electrons. The van der Waals surface area contributed by atoms with E-state index in [1.165, 1.54) is 0 Å². The highest BCUT2D eigenvalue weighted by Gasteiger charge is 2.36. The van der Waals surface area contributed by atoms with Gasteiger partial charge in [0.05, 0.1) is 23.9 Å². The van der Waals surface area contributed by atoms with Crippen molar-refractivity contribution < 1.29 is 0 Å². The fourth-order valence-electron chi connectivity index (χ4n) is 2.38. The van der Waals surface area contributed by atoms with Crippen molar-refractivity contribution in [1.29, 1.82) is 0 Å². The topological polar surface area (TPSA) is 46.6 Å². The zero-order valence-electron chi connectivity index (χ0n) is 10.3. The third kappa shape index (κ3) is 1.88. The van der Waals surface area contributed by atoms with Gasteiger partial charge >= 0.3 is 0 Å². The van der Waals surface area contributed by atoms with E-state index >= 15 is 0 Å². The predicted molar refractivity (Wildman–Crippen MR) is 71.2 cm³/mol. The van der Waals surface area contributed by atoms with Gasteiger partial charge in [0, 0.05) is 12.7 Å². The van der Waals surface area contributed by atoms with Crippen LogP contribution in [0.1, 0.15) is 11.7 Å². The summed E-state index contributed by atoms with van der Waals surface area (Å²) in [5.74, 6) is 0. The summed E-state index contributed by atoms with van der Waals surface area (Å²) >= 11 is 0. The number of nitrogens with zero attached hydrogens (tertiary/aromatic N) is 5. The first-order chi connectivity index (χ1) is 9.42. The average Bonchev–Trinajstić information content (AvgIpc) is 3.13. The standard InChI is InChI=1S/C14H13N5/c1-2-7-13-12(6-1)16-17-19(13)10-18-9-14(18)11-5-3-4-8-15-11/h1-8,14H,9-10H2. The molecule has 2 unspecified atom stereocenters. The van der Waals surface area contributed by atoms with E-state index in [0.717, 1.165) is 29.9 Å². The monoisotopic (exact) mass is 251 g/mol. The van der Waals surface area contributed by atoms with E-state index in [0.29, 0.717) is 6.04 Å². The highest BCUT2D eigenvalue weighted by molar-refractivity contribution is 5.73. The van der Waals surface area contributed by atoms with Gasteiger partial charge in [0.25, 0.3) is 0 Å². The Bertz CT molecular complexity index is 706. The van der Waals surface area contributed by atoms with Crippen molar-refractivity contribution in [3.05, 3.63) is 54.4 Å².